The quantitative estimate of drug-likeness (QED) is 0.675. The first-order valence-electron chi connectivity index (χ1n) is 9.94. The maximum absolute atomic E-state index is 13.6. The minimum Gasteiger partial charge on any atom is -0.354 e. The van der Waals surface area contributed by atoms with Gasteiger partial charge in [0, 0.05) is 35.6 Å². The Bertz CT molecular complexity index is 1140. The topological polar surface area (TPSA) is 59.3 Å². The zero-order valence-electron chi connectivity index (χ0n) is 16.3. The van der Waals surface area contributed by atoms with Crippen molar-refractivity contribution >= 4 is 5.84 Å². The lowest BCUT2D eigenvalue weighted by molar-refractivity contribution is 0.430. The van der Waals surface area contributed by atoms with E-state index in [9.17, 15) is 13.6 Å². The van der Waals surface area contributed by atoms with Crippen LogP contribution in [0.2, 0.25) is 0 Å². The van der Waals surface area contributed by atoms with E-state index in [1.54, 1.807) is 34.9 Å². The van der Waals surface area contributed by atoms with Crippen molar-refractivity contribution < 1.29 is 8.78 Å². The Morgan fingerprint density at radius 3 is 2.43 bits per heavy atom. The van der Waals surface area contributed by atoms with Gasteiger partial charge in [-0.2, -0.15) is 4.39 Å². The summed E-state index contributed by atoms with van der Waals surface area (Å²) in [5, 5.41) is 3.50. The maximum Gasteiger partial charge on any atom is 0.250 e. The molecule has 5 rings (SSSR count). The molecular formula is C23H20F2N4O. The number of halogens is 2. The third-order valence-corrected chi connectivity index (χ3v) is 5.90. The summed E-state index contributed by atoms with van der Waals surface area (Å²) in [7, 11) is 0. The van der Waals surface area contributed by atoms with Crippen LogP contribution in [-0.4, -0.2) is 21.4 Å². The minimum absolute atomic E-state index is 0.0274. The maximum atomic E-state index is 13.6. The molecule has 5 nitrogen and oxygen atoms in total. The molecule has 152 valence electrons. The van der Waals surface area contributed by atoms with Gasteiger partial charge in [0.15, 0.2) is 0 Å². The second-order valence-electron chi connectivity index (χ2n) is 7.86. The molecule has 2 atom stereocenters. The van der Waals surface area contributed by atoms with Gasteiger partial charge >= 0.3 is 0 Å². The number of nitrogens with one attached hydrogen (secondary N) is 1. The largest absolute Gasteiger partial charge is 0.354 e. The Kier molecular flexibility index (Phi) is 4.27. The van der Waals surface area contributed by atoms with Crippen LogP contribution in [0.4, 0.5) is 8.78 Å². The molecule has 2 aliphatic rings. The number of rotatable bonds is 4. The predicted molar refractivity (Wildman–Crippen MR) is 109 cm³/mol. The van der Waals surface area contributed by atoms with Crippen LogP contribution in [-0.2, 0) is 5.54 Å². The van der Waals surface area contributed by atoms with Gasteiger partial charge in [0.2, 0.25) is 5.95 Å². The molecule has 1 fully saturated rings. The van der Waals surface area contributed by atoms with Crippen LogP contribution in [0.3, 0.4) is 0 Å². The molecule has 0 bridgehead atoms. The molecule has 0 saturated heterocycles. The van der Waals surface area contributed by atoms with Crippen molar-refractivity contribution in [2.75, 3.05) is 0 Å². The number of aromatic nitrogens is 2. The highest BCUT2D eigenvalue weighted by Gasteiger charge is 2.45. The Hall–Kier alpha value is -3.35. The second kappa shape index (κ2) is 6.86. The van der Waals surface area contributed by atoms with E-state index in [0.717, 1.165) is 29.5 Å². The standard InChI is InChI=1S/C23H20F2N4O/c1-14-23(16-3-6-18(24)7-4-16,17-5-10-20(25)26-12-17)28-22(27-14)15-2-11-21(30)29(13-15)19-8-9-19/h2-7,10-14,19H,8-9H2,1H3,(H,27,28)/t14-,23+/m0/s1. The number of aliphatic imine (C=N–C) groups is 1. The molecule has 1 aliphatic heterocycles. The van der Waals surface area contributed by atoms with E-state index in [0.29, 0.717) is 5.84 Å². The van der Waals surface area contributed by atoms with Crippen molar-refractivity contribution in [1.82, 2.24) is 14.9 Å². The molecule has 2 aromatic heterocycles. The van der Waals surface area contributed by atoms with Crippen LogP contribution >= 0.6 is 0 Å². The first-order chi connectivity index (χ1) is 14.5. The number of benzene rings is 1. The summed E-state index contributed by atoms with van der Waals surface area (Å²) in [5.74, 6) is -0.281. The molecule has 1 N–H and O–H groups in total. The van der Waals surface area contributed by atoms with Crippen molar-refractivity contribution in [3.8, 4) is 0 Å². The number of pyridine rings is 2. The first-order valence-corrected chi connectivity index (χ1v) is 9.94. The van der Waals surface area contributed by atoms with Crippen molar-refractivity contribution in [3.63, 3.8) is 0 Å². The van der Waals surface area contributed by atoms with Crippen LogP contribution in [0.15, 0.2) is 70.7 Å². The summed E-state index contributed by atoms with van der Waals surface area (Å²) in [6.07, 6.45) is 5.31. The van der Waals surface area contributed by atoms with Gasteiger partial charge in [-0.25, -0.2) is 9.37 Å². The lowest BCUT2D eigenvalue weighted by Gasteiger charge is -2.34. The summed E-state index contributed by atoms with van der Waals surface area (Å²) < 4.78 is 28.9. The number of hydrogen-bond donors (Lipinski definition) is 1. The third kappa shape index (κ3) is 3.01. The van der Waals surface area contributed by atoms with E-state index < -0.39 is 11.5 Å². The Morgan fingerprint density at radius 2 is 1.77 bits per heavy atom. The van der Waals surface area contributed by atoms with Crippen LogP contribution < -0.4 is 10.9 Å². The fourth-order valence-electron chi connectivity index (χ4n) is 4.16. The summed E-state index contributed by atoms with van der Waals surface area (Å²) in [6.45, 7) is 1.95. The van der Waals surface area contributed by atoms with Crippen LogP contribution in [0.25, 0.3) is 0 Å². The molecule has 0 unspecified atom stereocenters. The second-order valence-corrected chi connectivity index (χ2v) is 7.86. The van der Waals surface area contributed by atoms with Gasteiger partial charge in [-0.15, -0.1) is 0 Å². The van der Waals surface area contributed by atoms with E-state index in [4.69, 9.17) is 4.99 Å². The average molecular weight is 406 g/mol. The van der Waals surface area contributed by atoms with Gasteiger partial charge in [-0.3, -0.25) is 9.79 Å². The van der Waals surface area contributed by atoms with E-state index >= 15 is 0 Å². The Labute approximate surface area is 172 Å². The molecule has 3 heterocycles. The Morgan fingerprint density at radius 1 is 1.03 bits per heavy atom. The van der Waals surface area contributed by atoms with E-state index in [2.05, 4.69) is 10.3 Å². The molecule has 0 amide bonds. The highest BCUT2D eigenvalue weighted by molar-refractivity contribution is 6.01. The fourth-order valence-corrected chi connectivity index (χ4v) is 4.16. The van der Waals surface area contributed by atoms with E-state index in [1.807, 2.05) is 13.1 Å². The van der Waals surface area contributed by atoms with E-state index in [-0.39, 0.29) is 23.5 Å². The molecule has 1 aromatic carbocycles. The van der Waals surface area contributed by atoms with Gasteiger partial charge < -0.3 is 9.88 Å². The van der Waals surface area contributed by atoms with Crippen molar-refractivity contribution in [2.24, 2.45) is 4.99 Å². The van der Waals surface area contributed by atoms with Crippen molar-refractivity contribution in [2.45, 2.75) is 37.4 Å². The molecule has 30 heavy (non-hydrogen) atoms. The van der Waals surface area contributed by atoms with Crippen molar-refractivity contribution in [3.05, 3.63) is 99.7 Å². The first kappa shape index (κ1) is 18.7. The van der Waals surface area contributed by atoms with Crippen LogP contribution in [0, 0.1) is 11.8 Å². The molecule has 3 aromatic rings. The van der Waals surface area contributed by atoms with Gasteiger partial charge in [0.05, 0.1) is 6.04 Å². The highest BCUT2D eigenvalue weighted by atomic mass is 19.1. The predicted octanol–water partition coefficient (Wildman–Crippen LogP) is 3.54. The Balaban J connectivity index is 1.61. The molecule has 0 spiro atoms. The van der Waals surface area contributed by atoms with Gasteiger partial charge in [-0.05, 0) is 49.6 Å². The summed E-state index contributed by atoms with van der Waals surface area (Å²) in [6, 6.07) is 12.4. The summed E-state index contributed by atoms with van der Waals surface area (Å²) in [4.78, 5) is 20.8. The van der Waals surface area contributed by atoms with E-state index in [1.165, 1.54) is 24.4 Å². The SMILES string of the molecule is C[C@@H]1N=C(c2ccc(=O)n(C3CC3)c2)N[C@]1(c1ccc(F)cc1)c1ccc(F)nc1. The zero-order chi connectivity index (χ0) is 20.9. The molecule has 1 aliphatic carbocycles. The van der Waals surface area contributed by atoms with Gasteiger partial charge in [0.1, 0.15) is 17.2 Å². The third-order valence-electron chi connectivity index (χ3n) is 5.90. The van der Waals surface area contributed by atoms with Gasteiger partial charge in [0.25, 0.3) is 5.56 Å². The van der Waals surface area contributed by atoms with Crippen LogP contribution in [0.1, 0.15) is 42.5 Å². The van der Waals surface area contributed by atoms with Gasteiger partial charge in [-0.1, -0.05) is 18.2 Å². The van der Waals surface area contributed by atoms with Crippen molar-refractivity contribution in [1.29, 1.82) is 0 Å². The summed E-state index contributed by atoms with van der Waals surface area (Å²) >= 11 is 0. The lowest BCUT2D eigenvalue weighted by atomic mass is 9.79. The molecular weight excluding hydrogens is 386 g/mol. The number of hydrogen-bond acceptors (Lipinski definition) is 4. The molecule has 1 saturated carbocycles. The lowest BCUT2D eigenvalue weighted by Crippen LogP contribution is -2.48. The average Bonchev–Trinajstić information content (AvgIpc) is 3.52. The minimum atomic E-state index is -0.843. The number of nitrogens with zero attached hydrogens (tertiary/aromatic N) is 3. The molecule has 7 heteroatoms. The summed E-state index contributed by atoms with van der Waals surface area (Å²) in [5.41, 5.74) is 1.44. The smallest absolute Gasteiger partial charge is 0.250 e. The zero-order valence-corrected chi connectivity index (χ0v) is 16.3. The normalized spacial score (nSPS) is 23.2. The van der Waals surface area contributed by atoms with Crippen LogP contribution in [0.5, 0.6) is 0 Å². The molecule has 0 radical (unpaired) electrons. The highest BCUT2D eigenvalue weighted by Crippen LogP contribution is 2.39. The fraction of sp³-hybridized carbons (Fsp3) is 0.261. The monoisotopic (exact) mass is 406 g/mol. The number of amidine groups is 1.